The third-order valence-corrected chi connectivity index (χ3v) is 2.76. The minimum absolute atomic E-state index is 0.00413. The van der Waals surface area contributed by atoms with E-state index in [4.69, 9.17) is 0 Å². The average molecular weight is 242 g/mol. The van der Waals surface area contributed by atoms with Crippen LogP contribution in [0.3, 0.4) is 0 Å². The molecule has 0 spiro atoms. The molecule has 1 amide bonds. The van der Waals surface area contributed by atoms with Crippen molar-refractivity contribution in [2.24, 2.45) is 0 Å². The molecule has 7 heteroatoms. The summed E-state index contributed by atoms with van der Waals surface area (Å²) in [5.41, 5.74) is -4.15. The zero-order valence-electron chi connectivity index (χ0n) is 8.06. The second kappa shape index (κ2) is 5.60. The van der Waals surface area contributed by atoms with Crippen LogP contribution in [0.2, 0.25) is 0 Å². The first-order valence-electron chi connectivity index (χ1n) is 4.68. The van der Waals surface area contributed by atoms with Gasteiger partial charge in [-0.25, -0.2) is 0 Å². The number of thioether (sulfide) groups is 1. The number of hydrogen-bond acceptors (Lipinski definition) is 3. The molecule has 3 nitrogen and oxygen atoms in total. The molecule has 0 radical (unpaired) electrons. The van der Waals surface area contributed by atoms with Crippen molar-refractivity contribution in [1.82, 2.24) is 10.6 Å². The van der Waals surface area contributed by atoms with Crippen molar-refractivity contribution in [2.45, 2.75) is 24.4 Å². The molecule has 0 aromatic carbocycles. The van der Waals surface area contributed by atoms with Gasteiger partial charge in [0.2, 0.25) is 5.91 Å². The maximum absolute atomic E-state index is 11.7. The van der Waals surface area contributed by atoms with Crippen LogP contribution in [-0.2, 0) is 4.79 Å². The maximum atomic E-state index is 11.7. The Balaban J connectivity index is 1.95. The first-order chi connectivity index (χ1) is 6.97. The summed E-state index contributed by atoms with van der Waals surface area (Å²) in [6.45, 7) is 0.848. The standard InChI is InChI=1S/C8H13F3N2OS/c9-8(10,11)15-4-3-12-5-6-1-2-7(14)13-6/h6,12H,1-5H2,(H,13,14). The highest BCUT2D eigenvalue weighted by atomic mass is 32.2. The second-order valence-electron chi connectivity index (χ2n) is 3.30. The summed E-state index contributed by atoms with van der Waals surface area (Å²) in [7, 11) is 0. The molecule has 1 heterocycles. The topological polar surface area (TPSA) is 41.1 Å². The second-order valence-corrected chi connectivity index (χ2v) is 4.46. The van der Waals surface area contributed by atoms with E-state index >= 15 is 0 Å². The maximum Gasteiger partial charge on any atom is 0.441 e. The molecule has 15 heavy (non-hydrogen) atoms. The first kappa shape index (κ1) is 12.6. The van der Waals surface area contributed by atoms with E-state index in [2.05, 4.69) is 10.6 Å². The Bertz CT molecular complexity index is 222. The van der Waals surface area contributed by atoms with Gasteiger partial charge in [0.1, 0.15) is 0 Å². The van der Waals surface area contributed by atoms with E-state index < -0.39 is 5.51 Å². The van der Waals surface area contributed by atoms with Gasteiger partial charge in [0, 0.05) is 31.3 Å². The summed E-state index contributed by atoms with van der Waals surface area (Å²) < 4.78 is 35.1. The minimum Gasteiger partial charge on any atom is -0.352 e. The van der Waals surface area contributed by atoms with E-state index in [1.54, 1.807) is 0 Å². The number of hydrogen-bond donors (Lipinski definition) is 2. The lowest BCUT2D eigenvalue weighted by Gasteiger charge is -2.11. The highest BCUT2D eigenvalue weighted by molar-refractivity contribution is 8.00. The number of carbonyl (C=O) groups excluding carboxylic acids is 1. The molecular formula is C8H13F3N2OS. The molecule has 0 aromatic heterocycles. The molecule has 0 saturated carbocycles. The Hall–Kier alpha value is -0.430. The van der Waals surface area contributed by atoms with E-state index in [0.717, 1.165) is 6.42 Å². The quantitative estimate of drug-likeness (QED) is 0.709. The Kier molecular flexibility index (Phi) is 4.72. The molecule has 2 N–H and O–H groups in total. The van der Waals surface area contributed by atoms with E-state index in [1.165, 1.54) is 0 Å². The molecular weight excluding hydrogens is 229 g/mol. The highest BCUT2D eigenvalue weighted by Crippen LogP contribution is 2.29. The minimum atomic E-state index is -4.15. The van der Waals surface area contributed by atoms with Gasteiger partial charge >= 0.3 is 5.51 Å². The van der Waals surface area contributed by atoms with Crippen molar-refractivity contribution >= 4 is 17.7 Å². The van der Waals surface area contributed by atoms with Gasteiger partial charge < -0.3 is 10.6 Å². The van der Waals surface area contributed by atoms with Gasteiger partial charge in [-0.15, -0.1) is 0 Å². The van der Waals surface area contributed by atoms with E-state index in [1.807, 2.05) is 0 Å². The Morgan fingerprint density at radius 1 is 1.53 bits per heavy atom. The monoisotopic (exact) mass is 242 g/mol. The van der Waals surface area contributed by atoms with Crippen LogP contribution in [-0.4, -0.2) is 36.3 Å². The largest absolute Gasteiger partial charge is 0.441 e. The fourth-order valence-corrected chi connectivity index (χ4v) is 1.82. The zero-order chi connectivity index (χ0) is 11.3. The fraction of sp³-hybridized carbons (Fsp3) is 0.875. The fourth-order valence-electron chi connectivity index (χ4n) is 1.35. The van der Waals surface area contributed by atoms with Gasteiger partial charge in [-0.05, 0) is 18.2 Å². The van der Waals surface area contributed by atoms with Gasteiger partial charge in [-0.3, -0.25) is 4.79 Å². The van der Waals surface area contributed by atoms with Crippen molar-refractivity contribution in [3.05, 3.63) is 0 Å². The van der Waals surface area contributed by atoms with Gasteiger partial charge in [0.15, 0.2) is 0 Å². The van der Waals surface area contributed by atoms with Crippen LogP contribution in [0.4, 0.5) is 13.2 Å². The lowest BCUT2D eigenvalue weighted by atomic mass is 10.2. The van der Waals surface area contributed by atoms with Crippen LogP contribution in [0.5, 0.6) is 0 Å². The smallest absolute Gasteiger partial charge is 0.352 e. The normalized spacial score (nSPS) is 21.8. The van der Waals surface area contributed by atoms with E-state index in [9.17, 15) is 18.0 Å². The SMILES string of the molecule is O=C1CCC(CNCCSC(F)(F)F)N1. The third kappa shape index (κ3) is 5.88. The van der Waals surface area contributed by atoms with Crippen LogP contribution in [0.25, 0.3) is 0 Å². The first-order valence-corrected chi connectivity index (χ1v) is 5.67. The van der Waals surface area contributed by atoms with Gasteiger partial charge in [0.05, 0.1) is 0 Å². The zero-order valence-corrected chi connectivity index (χ0v) is 8.88. The number of carbonyl (C=O) groups is 1. The van der Waals surface area contributed by atoms with Crippen LogP contribution < -0.4 is 10.6 Å². The lowest BCUT2D eigenvalue weighted by Crippen LogP contribution is -2.36. The summed E-state index contributed by atoms with van der Waals surface area (Å²) in [5.74, 6) is 0.0240. The Morgan fingerprint density at radius 2 is 2.27 bits per heavy atom. The van der Waals surface area contributed by atoms with E-state index in [0.29, 0.717) is 19.5 Å². The molecule has 1 fully saturated rings. The lowest BCUT2D eigenvalue weighted by molar-refractivity contribution is -0.119. The summed E-state index contributed by atoms with van der Waals surface area (Å²) >= 11 is -0.0332. The van der Waals surface area contributed by atoms with E-state index in [-0.39, 0.29) is 29.5 Å². The van der Waals surface area contributed by atoms with Crippen molar-refractivity contribution in [2.75, 3.05) is 18.8 Å². The number of rotatable bonds is 5. The van der Waals surface area contributed by atoms with Crippen molar-refractivity contribution in [3.8, 4) is 0 Å². The van der Waals surface area contributed by atoms with Gasteiger partial charge in [-0.1, -0.05) is 0 Å². The molecule has 1 saturated heterocycles. The number of amides is 1. The Labute approximate surface area is 90.2 Å². The summed E-state index contributed by atoms with van der Waals surface area (Å²) in [6.07, 6.45) is 1.28. The average Bonchev–Trinajstić information content (AvgIpc) is 2.49. The molecule has 1 aliphatic heterocycles. The summed E-state index contributed by atoms with van der Waals surface area (Å²) in [6, 6.07) is 0.0772. The van der Waals surface area contributed by atoms with Gasteiger partial charge in [-0.2, -0.15) is 13.2 Å². The highest BCUT2D eigenvalue weighted by Gasteiger charge is 2.27. The summed E-state index contributed by atoms with van der Waals surface area (Å²) in [4.78, 5) is 10.8. The predicted octanol–water partition coefficient (Wildman–Crippen LogP) is 1.11. The van der Waals surface area contributed by atoms with Crippen molar-refractivity contribution < 1.29 is 18.0 Å². The van der Waals surface area contributed by atoms with Crippen molar-refractivity contribution in [3.63, 3.8) is 0 Å². The number of nitrogens with one attached hydrogen (secondary N) is 2. The molecule has 1 aliphatic rings. The predicted molar refractivity (Wildman–Crippen MR) is 52.5 cm³/mol. The number of halogens is 3. The third-order valence-electron chi connectivity index (χ3n) is 2.02. The molecule has 1 atom stereocenters. The van der Waals surface area contributed by atoms with Gasteiger partial charge in [0.25, 0.3) is 0 Å². The van der Waals surface area contributed by atoms with Crippen LogP contribution in [0.1, 0.15) is 12.8 Å². The molecule has 0 bridgehead atoms. The molecule has 0 aromatic rings. The molecule has 1 unspecified atom stereocenters. The number of alkyl halides is 3. The molecule has 0 aliphatic carbocycles. The summed E-state index contributed by atoms with van der Waals surface area (Å²) in [5, 5.41) is 5.62. The molecule has 88 valence electrons. The Morgan fingerprint density at radius 3 is 2.80 bits per heavy atom. The van der Waals surface area contributed by atoms with Crippen LogP contribution >= 0.6 is 11.8 Å². The van der Waals surface area contributed by atoms with Crippen LogP contribution in [0, 0.1) is 0 Å². The molecule has 1 rings (SSSR count). The van der Waals surface area contributed by atoms with Crippen molar-refractivity contribution in [1.29, 1.82) is 0 Å². The van der Waals surface area contributed by atoms with Crippen LogP contribution in [0.15, 0.2) is 0 Å².